The zero-order chi connectivity index (χ0) is 16.5. The highest BCUT2D eigenvalue weighted by Crippen LogP contribution is 2.24. The smallest absolute Gasteiger partial charge is 0.229 e. The summed E-state index contributed by atoms with van der Waals surface area (Å²) >= 11 is 0. The van der Waals surface area contributed by atoms with Crippen molar-refractivity contribution in [1.82, 2.24) is 30.3 Å². The van der Waals surface area contributed by atoms with E-state index < -0.39 is 0 Å². The van der Waals surface area contributed by atoms with Crippen molar-refractivity contribution in [2.45, 2.75) is 6.92 Å². The van der Waals surface area contributed by atoms with Crippen LogP contribution >= 0.6 is 0 Å². The summed E-state index contributed by atoms with van der Waals surface area (Å²) in [4.78, 5) is 13.7. The van der Waals surface area contributed by atoms with Crippen LogP contribution in [0.5, 0.6) is 0 Å². The van der Waals surface area contributed by atoms with Gasteiger partial charge in [0.15, 0.2) is 11.3 Å². The van der Waals surface area contributed by atoms with Gasteiger partial charge < -0.3 is 15.1 Å². The molecule has 1 aromatic carbocycles. The van der Waals surface area contributed by atoms with E-state index in [1.807, 2.05) is 12.1 Å². The summed E-state index contributed by atoms with van der Waals surface area (Å²) in [7, 11) is 2.13. The number of likely N-dealkylation sites (N-methyl/N-ethyl adjacent to an activating group) is 1. The quantitative estimate of drug-likeness (QED) is 0.756. The van der Waals surface area contributed by atoms with Gasteiger partial charge in [0.1, 0.15) is 0 Å². The average Bonchev–Trinajstić information content (AvgIpc) is 3.06. The molecule has 0 amide bonds. The van der Waals surface area contributed by atoms with Gasteiger partial charge >= 0.3 is 0 Å². The first kappa shape index (κ1) is 14.8. The Bertz CT molecular complexity index is 833. The van der Waals surface area contributed by atoms with E-state index in [1.165, 1.54) is 5.56 Å². The van der Waals surface area contributed by atoms with E-state index in [-0.39, 0.29) is 0 Å². The molecule has 0 radical (unpaired) electrons. The molecule has 4 rings (SSSR count). The number of nitrogens with one attached hydrogen (secondary N) is 2. The van der Waals surface area contributed by atoms with Gasteiger partial charge in [-0.3, -0.25) is 0 Å². The number of aromatic nitrogens is 5. The highest BCUT2D eigenvalue weighted by molar-refractivity contribution is 5.85. The number of piperazine rings is 1. The Hall–Kier alpha value is -2.74. The second-order valence-electron chi connectivity index (χ2n) is 6.15. The normalized spacial score (nSPS) is 15.8. The molecule has 1 saturated heterocycles. The Balaban J connectivity index is 1.68. The maximum atomic E-state index is 4.70. The molecule has 2 N–H and O–H groups in total. The third-order valence-corrected chi connectivity index (χ3v) is 4.27. The van der Waals surface area contributed by atoms with Crippen LogP contribution in [0.25, 0.3) is 11.2 Å². The van der Waals surface area contributed by atoms with E-state index in [9.17, 15) is 0 Å². The van der Waals surface area contributed by atoms with Crippen molar-refractivity contribution in [3.63, 3.8) is 0 Å². The highest BCUT2D eigenvalue weighted by atomic mass is 15.4. The minimum Gasteiger partial charge on any atom is -0.338 e. The van der Waals surface area contributed by atoms with Crippen molar-refractivity contribution in [1.29, 1.82) is 0 Å². The number of aromatic amines is 1. The fourth-order valence-corrected chi connectivity index (χ4v) is 2.74. The van der Waals surface area contributed by atoms with E-state index in [4.69, 9.17) is 4.98 Å². The van der Waals surface area contributed by atoms with Crippen LogP contribution in [0, 0.1) is 6.92 Å². The predicted octanol–water partition coefficient (Wildman–Crippen LogP) is 1.55. The largest absolute Gasteiger partial charge is 0.338 e. The van der Waals surface area contributed by atoms with Gasteiger partial charge in [0.2, 0.25) is 11.6 Å². The Morgan fingerprint density at radius 3 is 2.50 bits per heavy atom. The molecular weight excluding hydrogens is 304 g/mol. The number of anilines is 3. The van der Waals surface area contributed by atoms with E-state index in [1.54, 1.807) is 0 Å². The third kappa shape index (κ3) is 2.88. The molecule has 8 nitrogen and oxygen atoms in total. The lowest BCUT2D eigenvalue weighted by Crippen LogP contribution is -2.45. The first-order valence-electron chi connectivity index (χ1n) is 8.05. The zero-order valence-electron chi connectivity index (χ0n) is 13.8. The molecule has 0 bridgehead atoms. The van der Waals surface area contributed by atoms with E-state index >= 15 is 0 Å². The van der Waals surface area contributed by atoms with Crippen LogP contribution in [-0.4, -0.2) is 63.5 Å². The third-order valence-electron chi connectivity index (χ3n) is 4.27. The summed E-state index contributed by atoms with van der Waals surface area (Å²) < 4.78 is 0. The summed E-state index contributed by atoms with van der Waals surface area (Å²) in [6.45, 7) is 5.88. The molecule has 3 heterocycles. The van der Waals surface area contributed by atoms with Gasteiger partial charge in [-0.05, 0) is 26.1 Å². The van der Waals surface area contributed by atoms with Crippen LogP contribution in [0.4, 0.5) is 17.5 Å². The van der Waals surface area contributed by atoms with Gasteiger partial charge in [-0.15, -0.1) is 5.10 Å². The summed E-state index contributed by atoms with van der Waals surface area (Å²) in [5.74, 6) is 1.37. The molecule has 124 valence electrons. The van der Waals surface area contributed by atoms with Gasteiger partial charge in [-0.2, -0.15) is 20.3 Å². The molecule has 0 atom stereocenters. The molecule has 8 heteroatoms. The van der Waals surface area contributed by atoms with Crippen molar-refractivity contribution < 1.29 is 0 Å². The molecule has 1 aliphatic heterocycles. The minimum absolute atomic E-state index is 0.577. The molecule has 0 spiro atoms. The molecular formula is C16H20N8. The van der Waals surface area contributed by atoms with Crippen molar-refractivity contribution in [3.8, 4) is 0 Å². The van der Waals surface area contributed by atoms with Crippen LogP contribution in [0.1, 0.15) is 5.56 Å². The Morgan fingerprint density at radius 1 is 1.00 bits per heavy atom. The summed E-state index contributed by atoms with van der Waals surface area (Å²) in [5.41, 5.74) is 3.41. The highest BCUT2D eigenvalue weighted by Gasteiger charge is 2.20. The van der Waals surface area contributed by atoms with Gasteiger partial charge in [0, 0.05) is 31.9 Å². The maximum absolute atomic E-state index is 4.70. The molecule has 0 saturated carbocycles. The number of fused-ring (bicyclic) bond motifs is 1. The van der Waals surface area contributed by atoms with E-state index in [2.05, 4.69) is 61.6 Å². The topological polar surface area (TPSA) is 85.9 Å². The first-order valence-corrected chi connectivity index (χ1v) is 8.05. The van der Waals surface area contributed by atoms with Crippen LogP contribution in [0.15, 0.2) is 24.3 Å². The SMILES string of the molecule is Cc1ccc(Nc2nc(N3CCN(C)CC3)nc3n[nH]nc23)cc1. The monoisotopic (exact) mass is 324 g/mol. The maximum Gasteiger partial charge on any atom is 0.229 e. The zero-order valence-corrected chi connectivity index (χ0v) is 13.8. The second-order valence-corrected chi connectivity index (χ2v) is 6.15. The van der Waals surface area contributed by atoms with Crippen LogP contribution in [0.3, 0.4) is 0 Å². The number of rotatable bonds is 3. The van der Waals surface area contributed by atoms with Gasteiger partial charge in [0.05, 0.1) is 0 Å². The number of aryl methyl sites for hydroxylation is 1. The van der Waals surface area contributed by atoms with Crippen molar-refractivity contribution in [2.75, 3.05) is 43.4 Å². The summed E-state index contributed by atoms with van der Waals surface area (Å²) in [6, 6.07) is 8.17. The van der Waals surface area contributed by atoms with Crippen molar-refractivity contribution >= 4 is 28.6 Å². The fourth-order valence-electron chi connectivity index (χ4n) is 2.74. The number of hydrogen-bond acceptors (Lipinski definition) is 7. The predicted molar refractivity (Wildman–Crippen MR) is 93.7 cm³/mol. The molecule has 1 fully saturated rings. The van der Waals surface area contributed by atoms with Gasteiger partial charge in [-0.25, -0.2) is 0 Å². The molecule has 0 aliphatic carbocycles. The Morgan fingerprint density at radius 2 is 1.75 bits per heavy atom. The Kier molecular flexibility index (Phi) is 3.73. The number of H-pyrrole nitrogens is 1. The van der Waals surface area contributed by atoms with Crippen LogP contribution in [-0.2, 0) is 0 Å². The lowest BCUT2D eigenvalue weighted by atomic mass is 10.2. The minimum atomic E-state index is 0.577. The van der Waals surface area contributed by atoms with Crippen molar-refractivity contribution in [3.05, 3.63) is 29.8 Å². The molecule has 24 heavy (non-hydrogen) atoms. The summed E-state index contributed by atoms with van der Waals surface area (Å²) in [5, 5.41) is 14.3. The van der Waals surface area contributed by atoms with E-state index in [0.29, 0.717) is 22.9 Å². The lowest BCUT2D eigenvalue weighted by Gasteiger charge is -2.32. The standard InChI is InChI=1S/C16H20N8/c1-11-3-5-12(6-4-11)17-14-13-15(21-22-20-13)19-16(18-14)24-9-7-23(2)8-10-24/h3-6H,7-10H2,1-2H3,(H2,17,18,19,20,21,22). The molecule has 2 aromatic heterocycles. The first-order chi connectivity index (χ1) is 11.7. The molecule has 3 aromatic rings. The fraction of sp³-hybridized carbons (Fsp3) is 0.375. The molecule has 0 unspecified atom stereocenters. The number of hydrogen-bond donors (Lipinski definition) is 2. The Labute approximate surface area is 139 Å². The number of benzene rings is 1. The van der Waals surface area contributed by atoms with E-state index in [0.717, 1.165) is 31.9 Å². The van der Waals surface area contributed by atoms with Crippen LogP contribution in [0.2, 0.25) is 0 Å². The van der Waals surface area contributed by atoms with Gasteiger partial charge in [-0.1, -0.05) is 17.7 Å². The number of nitrogens with zero attached hydrogens (tertiary/aromatic N) is 6. The van der Waals surface area contributed by atoms with Crippen LogP contribution < -0.4 is 10.2 Å². The average molecular weight is 324 g/mol. The lowest BCUT2D eigenvalue weighted by molar-refractivity contribution is 0.311. The van der Waals surface area contributed by atoms with Crippen molar-refractivity contribution in [2.24, 2.45) is 0 Å². The second kappa shape index (κ2) is 6.04. The summed E-state index contributed by atoms with van der Waals surface area (Å²) in [6.07, 6.45) is 0. The molecule has 1 aliphatic rings. The van der Waals surface area contributed by atoms with Gasteiger partial charge in [0.25, 0.3) is 0 Å².